The summed E-state index contributed by atoms with van der Waals surface area (Å²) in [6, 6.07) is 17.9. The van der Waals surface area contributed by atoms with Gasteiger partial charge in [-0.25, -0.2) is 0 Å². The minimum absolute atomic E-state index is 0.0529. The predicted molar refractivity (Wildman–Crippen MR) is 125 cm³/mol. The van der Waals surface area contributed by atoms with Crippen molar-refractivity contribution in [2.75, 3.05) is 0 Å². The molecule has 0 aromatic heterocycles. The summed E-state index contributed by atoms with van der Waals surface area (Å²) in [5.41, 5.74) is 1.49. The maximum Gasteiger partial charge on any atom is 0.251 e. The summed E-state index contributed by atoms with van der Waals surface area (Å²) in [6.45, 7) is 3.90. The molecule has 2 aromatic carbocycles. The van der Waals surface area contributed by atoms with Gasteiger partial charge in [-0.1, -0.05) is 55.0 Å². The Morgan fingerprint density at radius 1 is 0.906 bits per heavy atom. The number of amides is 3. The number of rotatable bonds is 8. The van der Waals surface area contributed by atoms with Crippen LogP contribution in [0.3, 0.4) is 0 Å². The molecule has 170 valence electrons. The fourth-order valence-electron chi connectivity index (χ4n) is 4.15. The number of hydrogen-bond donors (Lipinski definition) is 3. The second-order valence-electron chi connectivity index (χ2n) is 8.81. The number of benzene rings is 2. The van der Waals surface area contributed by atoms with Gasteiger partial charge in [0.2, 0.25) is 11.8 Å². The van der Waals surface area contributed by atoms with Crippen LogP contribution < -0.4 is 16.0 Å². The van der Waals surface area contributed by atoms with Crippen molar-refractivity contribution in [1.29, 1.82) is 0 Å². The van der Waals surface area contributed by atoms with Crippen molar-refractivity contribution in [2.45, 2.75) is 64.1 Å². The van der Waals surface area contributed by atoms with Crippen molar-refractivity contribution in [1.82, 2.24) is 16.0 Å². The molecule has 1 saturated carbocycles. The summed E-state index contributed by atoms with van der Waals surface area (Å²) < 4.78 is 0. The van der Waals surface area contributed by atoms with Gasteiger partial charge in [-0.3, -0.25) is 14.4 Å². The summed E-state index contributed by atoms with van der Waals surface area (Å²) >= 11 is 0. The molecule has 1 aliphatic carbocycles. The zero-order valence-corrected chi connectivity index (χ0v) is 18.8. The van der Waals surface area contributed by atoms with Gasteiger partial charge < -0.3 is 16.0 Å². The first-order valence-corrected chi connectivity index (χ1v) is 11.4. The maximum absolute atomic E-state index is 13.2. The second kappa shape index (κ2) is 11.5. The molecular weight excluding hydrogens is 402 g/mol. The van der Waals surface area contributed by atoms with E-state index in [4.69, 9.17) is 0 Å². The molecule has 0 heterocycles. The Kier molecular flexibility index (Phi) is 8.42. The third kappa shape index (κ3) is 6.94. The highest BCUT2D eigenvalue weighted by Crippen LogP contribution is 2.25. The Morgan fingerprint density at radius 3 is 2.22 bits per heavy atom. The van der Waals surface area contributed by atoms with Crippen LogP contribution in [0.4, 0.5) is 0 Å². The van der Waals surface area contributed by atoms with Crippen LogP contribution in [0.25, 0.3) is 0 Å². The van der Waals surface area contributed by atoms with E-state index in [1.165, 1.54) is 0 Å². The van der Waals surface area contributed by atoms with Crippen molar-refractivity contribution in [3.63, 3.8) is 0 Å². The lowest BCUT2D eigenvalue weighted by atomic mass is 9.84. The SMILES string of the molecule is CC(C)NC(=O)C1CCCC(NC(=O)C(Cc2ccccc2)NC(=O)c2ccccc2)C1. The Hall–Kier alpha value is -3.15. The van der Waals surface area contributed by atoms with Gasteiger partial charge in [0.25, 0.3) is 5.91 Å². The Balaban J connectivity index is 1.67. The molecule has 3 amide bonds. The number of carbonyl (C=O) groups is 3. The molecule has 3 rings (SSSR count). The quantitative estimate of drug-likeness (QED) is 0.595. The predicted octanol–water partition coefficient (Wildman–Crippen LogP) is 3.23. The van der Waals surface area contributed by atoms with Crippen LogP contribution in [-0.4, -0.2) is 35.8 Å². The lowest BCUT2D eigenvalue weighted by molar-refractivity contribution is -0.128. The van der Waals surface area contributed by atoms with E-state index in [0.29, 0.717) is 18.4 Å². The minimum Gasteiger partial charge on any atom is -0.354 e. The van der Waals surface area contributed by atoms with Crippen LogP contribution in [0, 0.1) is 5.92 Å². The van der Waals surface area contributed by atoms with Gasteiger partial charge in [0, 0.05) is 30.0 Å². The van der Waals surface area contributed by atoms with Crippen LogP contribution in [0.2, 0.25) is 0 Å². The number of carbonyl (C=O) groups excluding carboxylic acids is 3. The largest absolute Gasteiger partial charge is 0.354 e. The number of nitrogens with one attached hydrogen (secondary N) is 3. The summed E-state index contributed by atoms with van der Waals surface area (Å²) in [5, 5.41) is 8.98. The zero-order valence-electron chi connectivity index (χ0n) is 18.8. The average molecular weight is 436 g/mol. The Labute approximate surface area is 190 Å². The first-order chi connectivity index (χ1) is 15.4. The van der Waals surface area contributed by atoms with Gasteiger partial charge in [0.05, 0.1) is 0 Å². The normalized spacial score (nSPS) is 19.1. The third-order valence-electron chi connectivity index (χ3n) is 5.76. The van der Waals surface area contributed by atoms with Crippen LogP contribution in [0.5, 0.6) is 0 Å². The van der Waals surface area contributed by atoms with E-state index in [2.05, 4.69) is 16.0 Å². The van der Waals surface area contributed by atoms with E-state index in [0.717, 1.165) is 24.8 Å². The molecule has 32 heavy (non-hydrogen) atoms. The zero-order chi connectivity index (χ0) is 22.9. The molecule has 0 spiro atoms. The van der Waals surface area contributed by atoms with Crippen LogP contribution >= 0.6 is 0 Å². The summed E-state index contributed by atoms with van der Waals surface area (Å²) in [4.78, 5) is 38.4. The smallest absolute Gasteiger partial charge is 0.251 e. The Bertz CT molecular complexity index is 899. The highest BCUT2D eigenvalue weighted by atomic mass is 16.2. The summed E-state index contributed by atoms with van der Waals surface area (Å²) in [7, 11) is 0. The lowest BCUT2D eigenvalue weighted by Crippen LogP contribution is -2.52. The molecule has 0 radical (unpaired) electrons. The van der Waals surface area contributed by atoms with Gasteiger partial charge in [-0.2, -0.15) is 0 Å². The van der Waals surface area contributed by atoms with E-state index in [1.54, 1.807) is 24.3 Å². The van der Waals surface area contributed by atoms with E-state index in [1.807, 2.05) is 50.2 Å². The van der Waals surface area contributed by atoms with Crippen LogP contribution in [0.1, 0.15) is 55.5 Å². The second-order valence-corrected chi connectivity index (χ2v) is 8.81. The maximum atomic E-state index is 13.2. The number of hydrogen-bond acceptors (Lipinski definition) is 3. The monoisotopic (exact) mass is 435 g/mol. The molecule has 6 heteroatoms. The molecule has 0 bridgehead atoms. The van der Waals surface area contributed by atoms with E-state index < -0.39 is 6.04 Å². The standard InChI is InChI=1S/C26H33N3O3/c1-18(2)27-25(31)21-14-9-15-22(17-21)28-26(32)23(16-19-10-5-3-6-11-19)29-24(30)20-12-7-4-8-13-20/h3-8,10-13,18,21-23H,9,14-17H2,1-2H3,(H,27,31)(H,28,32)(H,29,30). The highest BCUT2D eigenvalue weighted by molar-refractivity contribution is 5.97. The van der Waals surface area contributed by atoms with Crippen LogP contribution in [-0.2, 0) is 16.0 Å². The molecule has 1 fully saturated rings. The van der Waals surface area contributed by atoms with Gasteiger partial charge in [-0.15, -0.1) is 0 Å². The fourth-order valence-corrected chi connectivity index (χ4v) is 4.15. The molecule has 3 atom stereocenters. The summed E-state index contributed by atoms with van der Waals surface area (Å²) in [5.74, 6) is -0.535. The first-order valence-electron chi connectivity index (χ1n) is 11.4. The molecule has 0 aliphatic heterocycles. The minimum atomic E-state index is -0.699. The molecule has 3 N–H and O–H groups in total. The molecule has 6 nitrogen and oxygen atoms in total. The fraction of sp³-hybridized carbons (Fsp3) is 0.423. The molecular formula is C26H33N3O3. The van der Waals surface area contributed by atoms with E-state index in [9.17, 15) is 14.4 Å². The lowest BCUT2D eigenvalue weighted by Gasteiger charge is -2.31. The van der Waals surface area contributed by atoms with Crippen LogP contribution in [0.15, 0.2) is 60.7 Å². The molecule has 2 aromatic rings. The first kappa shape index (κ1) is 23.5. The average Bonchev–Trinajstić information content (AvgIpc) is 2.79. The summed E-state index contributed by atoms with van der Waals surface area (Å²) in [6.07, 6.45) is 3.58. The topological polar surface area (TPSA) is 87.3 Å². The van der Waals surface area contributed by atoms with Gasteiger partial charge >= 0.3 is 0 Å². The van der Waals surface area contributed by atoms with Gasteiger partial charge in [-0.05, 0) is 50.8 Å². The van der Waals surface area contributed by atoms with Crippen molar-refractivity contribution >= 4 is 17.7 Å². The van der Waals surface area contributed by atoms with Crippen molar-refractivity contribution in [3.05, 3.63) is 71.8 Å². The van der Waals surface area contributed by atoms with Gasteiger partial charge in [0.1, 0.15) is 6.04 Å². The van der Waals surface area contributed by atoms with Crippen molar-refractivity contribution in [2.24, 2.45) is 5.92 Å². The van der Waals surface area contributed by atoms with E-state index in [-0.39, 0.29) is 35.7 Å². The van der Waals surface area contributed by atoms with Crippen molar-refractivity contribution < 1.29 is 14.4 Å². The van der Waals surface area contributed by atoms with Crippen molar-refractivity contribution in [3.8, 4) is 0 Å². The highest BCUT2D eigenvalue weighted by Gasteiger charge is 2.30. The molecule has 0 saturated heterocycles. The molecule has 3 unspecified atom stereocenters. The third-order valence-corrected chi connectivity index (χ3v) is 5.76. The molecule has 1 aliphatic rings. The van der Waals surface area contributed by atoms with E-state index >= 15 is 0 Å². The Morgan fingerprint density at radius 2 is 1.56 bits per heavy atom. The van der Waals surface area contributed by atoms with Gasteiger partial charge in [0.15, 0.2) is 0 Å².